The van der Waals surface area contributed by atoms with E-state index in [2.05, 4.69) is 95.6 Å². The lowest BCUT2D eigenvalue weighted by Gasteiger charge is -2.10. The normalized spacial score (nSPS) is 11.5. The molecular weight excluding hydrogens is 386 g/mol. The SMILES string of the molecule is Clc1ccccc1-c1ccc(-n2c3ccccc3c3c4ccccc4ccc32)cc1. The van der Waals surface area contributed by atoms with Gasteiger partial charge >= 0.3 is 0 Å². The molecule has 0 amide bonds. The summed E-state index contributed by atoms with van der Waals surface area (Å²) < 4.78 is 2.35. The minimum Gasteiger partial charge on any atom is -0.309 e. The van der Waals surface area contributed by atoms with Crippen LogP contribution in [0, 0.1) is 0 Å². The second-order valence-electron chi connectivity index (χ2n) is 7.56. The number of rotatable bonds is 2. The van der Waals surface area contributed by atoms with E-state index in [4.69, 9.17) is 11.6 Å². The van der Waals surface area contributed by atoms with Gasteiger partial charge in [0.15, 0.2) is 0 Å². The Morgan fingerprint density at radius 1 is 0.533 bits per heavy atom. The van der Waals surface area contributed by atoms with Crippen molar-refractivity contribution < 1.29 is 0 Å². The zero-order valence-electron chi connectivity index (χ0n) is 16.2. The molecule has 1 aromatic heterocycles. The summed E-state index contributed by atoms with van der Waals surface area (Å²) >= 11 is 6.40. The molecular formula is C28H18ClN. The molecule has 0 unspecified atom stereocenters. The third-order valence-electron chi connectivity index (χ3n) is 5.87. The van der Waals surface area contributed by atoms with E-state index >= 15 is 0 Å². The zero-order chi connectivity index (χ0) is 20.1. The van der Waals surface area contributed by atoms with Gasteiger partial charge in [-0.25, -0.2) is 0 Å². The molecule has 0 saturated carbocycles. The maximum Gasteiger partial charge on any atom is 0.0547 e. The Morgan fingerprint density at radius 2 is 1.23 bits per heavy atom. The van der Waals surface area contributed by atoms with Crippen molar-refractivity contribution in [2.75, 3.05) is 0 Å². The molecule has 30 heavy (non-hydrogen) atoms. The number of hydrogen-bond acceptors (Lipinski definition) is 0. The second-order valence-corrected chi connectivity index (χ2v) is 7.97. The van der Waals surface area contributed by atoms with Crippen LogP contribution in [0.3, 0.4) is 0 Å². The van der Waals surface area contributed by atoms with Crippen molar-refractivity contribution in [2.45, 2.75) is 0 Å². The van der Waals surface area contributed by atoms with E-state index in [0.717, 1.165) is 21.8 Å². The van der Waals surface area contributed by atoms with Crippen molar-refractivity contribution in [3.8, 4) is 16.8 Å². The van der Waals surface area contributed by atoms with Crippen molar-refractivity contribution in [2.24, 2.45) is 0 Å². The van der Waals surface area contributed by atoms with E-state index in [1.807, 2.05) is 18.2 Å². The van der Waals surface area contributed by atoms with Gasteiger partial charge in [-0.1, -0.05) is 90.5 Å². The predicted molar refractivity (Wildman–Crippen MR) is 129 cm³/mol. The number of hydrogen-bond donors (Lipinski definition) is 0. The Labute approximate surface area is 179 Å². The van der Waals surface area contributed by atoms with Crippen molar-refractivity contribution >= 4 is 44.2 Å². The van der Waals surface area contributed by atoms with E-state index in [-0.39, 0.29) is 0 Å². The van der Waals surface area contributed by atoms with Crippen LogP contribution in [0.25, 0.3) is 49.4 Å². The van der Waals surface area contributed by atoms with Gasteiger partial charge in [0.2, 0.25) is 0 Å². The number of fused-ring (bicyclic) bond motifs is 5. The highest BCUT2D eigenvalue weighted by molar-refractivity contribution is 6.33. The molecule has 5 aromatic carbocycles. The van der Waals surface area contributed by atoms with Crippen LogP contribution in [0.1, 0.15) is 0 Å². The highest BCUT2D eigenvalue weighted by atomic mass is 35.5. The van der Waals surface area contributed by atoms with Crippen molar-refractivity contribution in [3.05, 3.63) is 114 Å². The molecule has 0 fully saturated rings. The van der Waals surface area contributed by atoms with Crippen molar-refractivity contribution in [1.82, 2.24) is 4.57 Å². The molecule has 0 radical (unpaired) electrons. The fraction of sp³-hybridized carbons (Fsp3) is 0. The van der Waals surface area contributed by atoms with Gasteiger partial charge in [-0.05, 0) is 46.7 Å². The molecule has 142 valence electrons. The number of aromatic nitrogens is 1. The standard InChI is InChI=1S/C28H18ClN/c29-25-11-5-3-8-22(25)20-13-16-21(17-14-20)30-26-12-6-4-10-24(26)28-23-9-2-1-7-19(23)15-18-27(28)30/h1-18H. The van der Waals surface area contributed by atoms with Gasteiger partial charge in [0.05, 0.1) is 11.0 Å². The van der Waals surface area contributed by atoms with Crippen LogP contribution in [-0.2, 0) is 0 Å². The first-order valence-corrected chi connectivity index (χ1v) is 10.5. The van der Waals surface area contributed by atoms with Gasteiger partial charge in [0.25, 0.3) is 0 Å². The molecule has 0 atom stereocenters. The lowest BCUT2D eigenvalue weighted by atomic mass is 10.0. The predicted octanol–water partition coefficient (Wildman–Crippen LogP) is 8.26. The third-order valence-corrected chi connectivity index (χ3v) is 6.20. The molecule has 0 bridgehead atoms. The van der Waals surface area contributed by atoms with Gasteiger partial charge in [0, 0.05) is 27.0 Å². The van der Waals surface area contributed by atoms with E-state index in [1.54, 1.807) is 0 Å². The molecule has 1 nitrogen and oxygen atoms in total. The number of para-hydroxylation sites is 1. The van der Waals surface area contributed by atoms with E-state index in [0.29, 0.717) is 0 Å². The summed E-state index contributed by atoms with van der Waals surface area (Å²) in [5.41, 5.74) is 5.76. The van der Waals surface area contributed by atoms with Crippen LogP contribution < -0.4 is 0 Å². The largest absolute Gasteiger partial charge is 0.309 e. The average molecular weight is 404 g/mol. The Hall–Kier alpha value is -3.55. The lowest BCUT2D eigenvalue weighted by Crippen LogP contribution is -1.93. The Kier molecular flexibility index (Phi) is 3.90. The van der Waals surface area contributed by atoms with Crippen LogP contribution in [0.15, 0.2) is 109 Å². The van der Waals surface area contributed by atoms with Gasteiger partial charge < -0.3 is 4.57 Å². The van der Waals surface area contributed by atoms with Crippen LogP contribution in [0.5, 0.6) is 0 Å². The maximum atomic E-state index is 6.40. The fourth-order valence-electron chi connectivity index (χ4n) is 4.50. The summed E-state index contributed by atoms with van der Waals surface area (Å²) in [5.74, 6) is 0. The van der Waals surface area contributed by atoms with E-state index in [9.17, 15) is 0 Å². The molecule has 0 aliphatic rings. The quantitative estimate of drug-likeness (QED) is 0.274. The van der Waals surface area contributed by atoms with Crippen LogP contribution in [0.4, 0.5) is 0 Å². The number of halogens is 1. The molecule has 6 rings (SSSR count). The first-order chi connectivity index (χ1) is 14.8. The molecule has 0 aliphatic carbocycles. The number of nitrogens with zero attached hydrogens (tertiary/aromatic N) is 1. The highest BCUT2D eigenvalue weighted by Gasteiger charge is 2.14. The summed E-state index contributed by atoms with van der Waals surface area (Å²) in [5, 5.41) is 5.91. The molecule has 1 heterocycles. The second kappa shape index (κ2) is 6.76. The Bertz CT molecular complexity index is 1540. The Balaban J connectivity index is 1.63. The minimum absolute atomic E-state index is 0.772. The van der Waals surface area contributed by atoms with Crippen molar-refractivity contribution in [3.63, 3.8) is 0 Å². The highest BCUT2D eigenvalue weighted by Crippen LogP contribution is 2.37. The number of benzene rings is 5. The topological polar surface area (TPSA) is 4.93 Å². The molecule has 0 saturated heterocycles. The summed E-state index contributed by atoms with van der Waals surface area (Å²) in [4.78, 5) is 0. The molecule has 0 N–H and O–H groups in total. The fourth-order valence-corrected chi connectivity index (χ4v) is 4.75. The third kappa shape index (κ3) is 2.56. The van der Waals surface area contributed by atoms with Gasteiger partial charge in [-0.2, -0.15) is 0 Å². The van der Waals surface area contributed by atoms with Gasteiger partial charge in [-0.3, -0.25) is 0 Å². The average Bonchev–Trinajstić information content (AvgIpc) is 3.14. The molecule has 0 aliphatic heterocycles. The summed E-state index contributed by atoms with van der Waals surface area (Å²) in [6.45, 7) is 0. The van der Waals surface area contributed by atoms with Crippen LogP contribution in [-0.4, -0.2) is 4.57 Å². The minimum atomic E-state index is 0.772. The molecule has 2 heteroatoms. The van der Waals surface area contributed by atoms with Crippen LogP contribution in [0.2, 0.25) is 5.02 Å². The summed E-state index contributed by atoms with van der Waals surface area (Å²) in [6.07, 6.45) is 0. The van der Waals surface area contributed by atoms with Gasteiger partial charge in [0.1, 0.15) is 0 Å². The van der Waals surface area contributed by atoms with E-state index in [1.165, 1.54) is 32.6 Å². The first kappa shape index (κ1) is 17.3. The summed E-state index contributed by atoms with van der Waals surface area (Å²) in [7, 11) is 0. The van der Waals surface area contributed by atoms with Crippen LogP contribution >= 0.6 is 11.6 Å². The van der Waals surface area contributed by atoms with E-state index < -0.39 is 0 Å². The Morgan fingerprint density at radius 3 is 2.07 bits per heavy atom. The molecule has 6 aromatic rings. The smallest absolute Gasteiger partial charge is 0.0547 e. The lowest BCUT2D eigenvalue weighted by molar-refractivity contribution is 1.18. The van der Waals surface area contributed by atoms with Crippen molar-refractivity contribution in [1.29, 1.82) is 0 Å². The monoisotopic (exact) mass is 403 g/mol. The summed E-state index contributed by atoms with van der Waals surface area (Å²) in [6, 6.07) is 38.3. The zero-order valence-corrected chi connectivity index (χ0v) is 17.0. The maximum absolute atomic E-state index is 6.40. The van der Waals surface area contributed by atoms with Gasteiger partial charge in [-0.15, -0.1) is 0 Å². The molecule has 0 spiro atoms. The first-order valence-electron chi connectivity index (χ1n) is 10.1.